The van der Waals surface area contributed by atoms with Gasteiger partial charge in [0.2, 0.25) is 0 Å². The second-order valence-corrected chi connectivity index (χ2v) is 9.29. The summed E-state index contributed by atoms with van der Waals surface area (Å²) in [4.78, 5) is 19.9. The van der Waals surface area contributed by atoms with Crippen molar-refractivity contribution in [3.8, 4) is 5.69 Å². The minimum Gasteiger partial charge on any atom is -0.394 e. The van der Waals surface area contributed by atoms with E-state index in [1.54, 1.807) is 37.5 Å². The topological polar surface area (TPSA) is 108 Å². The number of nitrogens with zero attached hydrogens (tertiary/aromatic N) is 4. The van der Waals surface area contributed by atoms with E-state index >= 15 is 0 Å². The van der Waals surface area contributed by atoms with Gasteiger partial charge in [-0.2, -0.15) is 0 Å². The summed E-state index contributed by atoms with van der Waals surface area (Å²) in [5.41, 5.74) is 2.16. The van der Waals surface area contributed by atoms with E-state index in [1.165, 1.54) is 9.13 Å². The summed E-state index contributed by atoms with van der Waals surface area (Å²) in [6.45, 7) is 1.97. The van der Waals surface area contributed by atoms with Crippen molar-refractivity contribution in [2.45, 2.75) is 6.10 Å². The average molecular weight is 527 g/mol. The molecule has 186 valence electrons. The number of pyridine rings is 1. The van der Waals surface area contributed by atoms with Gasteiger partial charge in [0.25, 0.3) is 0 Å². The molecule has 0 aliphatic carbocycles. The molecule has 0 amide bonds. The minimum atomic E-state index is -0.448. The normalized spacial score (nSPS) is 15.9. The Bertz CT molecular complexity index is 1530. The molecule has 2 aromatic heterocycles. The Morgan fingerprint density at radius 2 is 1.92 bits per heavy atom. The van der Waals surface area contributed by atoms with Crippen LogP contribution in [-0.4, -0.2) is 51.6 Å². The number of benzene rings is 2. The van der Waals surface area contributed by atoms with Crippen molar-refractivity contribution in [1.82, 2.24) is 14.1 Å². The first-order valence-electron chi connectivity index (χ1n) is 11.3. The van der Waals surface area contributed by atoms with E-state index in [9.17, 15) is 9.90 Å². The highest BCUT2D eigenvalue weighted by Crippen LogP contribution is 2.27. The number of aliphatic hydroxyl groups excluding tert-OH is 1. The average Bonchev–Trinajstić information content (AvgIpc) is 2.89. The molecule has 5 rings (SSSR count). The Balaban J connectivity index is 1.46. The largest absolute Gasteiger partial charge is 0.394 e. The van der Waals surface area contributed by atoms with Crippen molar-refractivity contribution in [1.29, 1.82) is 5.41 Å². The number of nitrogens with one attached hydrogen (secondary N) is 2. The predicted octanol–water partition coefficient (Wildman–Crippen LogP) is 3.45. The summed E-state index contributed by atoms with van der Waals surface area (Å²) in [5.74, 6) is 0.532. The molecule has 11 heteroatoms. The van der Waals surface area contributed by atoms with E-state index in [4.69, 9.17) is 33.3 Å². The molecule has 0 saturated carbocycles. The third kappa shape index (κ3) is 4.46. The van der Waals surface area contributed by atoms with Gasteiger partial charge < -0.3 is 20.1 Å². The third-order valence-electron chi connectivity index (χ3n) is 6.21. The number of aryl methyl sites for hydroxylation is 1. The zero-order chi connectivity index (χ0) is 25.4. The van der Waals surface area contributed by atoms with Crippen molar-refractivity contribution in [3.63, 3.8) is 0 Å². The summed E-state index contributed by atoms with van der Waals surface area (Å²) in [5, 5.41) is 22.3. The van der Waals surface area contributed by atoms with Gasteiger partial charge in [-0.1, -0.05) is 29.3 Å². The summed E-state index contributed by atoms with van der Waals surface area (Å²) >= 11 is 12.6. The fourth-order valence-corrected chi connectivity index (χ4v) is 4.89. The molecule has 3 heterocycles. The van der Waals surface area contributed by atoms with Gasteiger partial charge in [-0.3, -0.25) is 9.98 Å². The van der Waals surface area contributed by atoms with Crippen LogP contribution in [-0.2, 0) is 11.8 Å². The Labute approximate surface area is 216 Å². The number of hydrogen-bond acceptors (Lipinski definition) is 7. The molecule has 1 aliphatic heterocycles. The monoisotopic (exact) mass is 526 g/mol. The number of para-hydroxylation sites is 1. The Hall–Kier alpha value is -3.37. The number of anilines is 3. The lowest BCUT2D eigenvalue weighted by molar-refractivity contribution is 0.00357. The fraction of sp³-hybridized carbons (Fsp3) is 0.240. The van der Waals surface area contributed by atoms with E-state index in [0.717, 1.165) is 17.9 Å². The zero-order valence-corrected chi connectivity index (χ0v) is 20.9. The number of ether oxygens (including phenoxy) is 1. The number of aromatic nitrogens is 3. The molecule has 0 bridgehead atoms. The Kier molecular flexibility index (Phi) is 6.72. The van der Waals surface area contributed by atoms with Crippen molar-refractivity contribution in [3.05, 3.63) is 80.7 Å². The highest BCUT2D eigenvalue weighted by Gasteiger charge is 2.20. The number of fused-ring (bicyclic) bond motifs is 1. The molecule has 2 aromatic carbocycles. The molecule has 1 unspecified atom stereocenters. The maximum Gasteiger partial charge on any atom is 0.334 e. The van der Waals surface area contributed by atoms with E-state index in [1.807, 2.05) is 24.3 Å². The molecule has 4 aromatic rings. The lowest BCUT2D eigenvalue weighted by atomic mass is 10.2. The van der Waals surface area contributed by atoms with Crippen LogP contribution >= 0.6 is 23.2 Å². The number of aliphatic hydroxyl groups is 1. The molecule has 1 atom stereocenters. The van der Waals surface area contributed by atoms with Crippen LogP contribution in [0, 0.1) is 5.41 Å². The number of hydrogen-bond donors (Lipinski definition) is 3. The van der Waals surface area contributed by atoms with Crippen LogP contribution in [0.5, 0.6) is 0 Å². The van der Waals surface area contributed by atoms with Crippen LogP contribution in [0.1, 0.15) is 0 Å². The van der Waals surface area contributed by atoms with Crippen molar-refractivity contribution < 1.29 is 9.84 Å². The maximum absolute atomic E-state index is 13.2. The van der Waals surface area contributed by atoms with Crippen LogP contribution in [0.4, 0.5) is 17.2 Å². The third-order valence-corrected chi connectivity index (χ3v) is 6.82. The highest BCUT2D eigenvalue weighted by molar-refractivity contribution is 6.37. The van der Waals surface area contributed by atoms with Gasteiger partial charge in [-0.15, -0.1) is 0 Å². The van der Waals surface area contributed by atoms with Crippen LogP contribution in [0.3, 0.4) is 0 Å². The quantitative estimate of drug-likeness (QED) is 0.367. The van der Waals surface area contributed by atoms with E-state index in [-0.39, 0.29) is 33.9 Å². The van der Waals surface area contributed by atoms with Gasteiger partial charge in [0.1, 0.15) is 11.3 Å². The lowest BCUT2D eigenvalue weighted by Crippen LogP contribution is -2.44. The second kappa shape index (κ2) is 9.94. The molecule has 1 aliphatic rings. The molecule has 9 nitrogen and oxygen atoms in total. The molecule has 1 fully saturated rings. The highest BCUT2D eigenvalue weighted by atomic mass is 35.5. The second-order valence-electron chi connectivity index (χ2n) is 8.48. The summed E-state index contributed by atoms with van der Waals surface area (Å²) in [6, 6.07) is 14.5. The lowest BCUT2D eigenvalue weighted by Gasteiger charge is -2.33. The Morgan fingerprint density at radius 1 is 1.19 bits per heavy atom. The fourth-order valence-electron chi connectivity index (χ4n) is 4.32. The van der Waals surface area contributed by atoms with E-state index in [0.29, 0.717) is 29.9 Å². The number of halogens is 2. The first-order chi connectivity index (χ1) is 17.4. The SMILES string of the molecule is Cn1c(=O)n(-c2c(Cl)cccc2Cl)c(=N)c2cnc(Nc3ccc(N4CCOC(CO)C4)cc3)cc21. The number of rotatable bonds is 5. The van der Waals surface area contributed by atoms with Gasteiger partial charge in [0.15, 0.2) is 0 Å². The molecule has 36 heavy (non-hydrogen) atoms. The van der Waals surface area contributed by atoms with Gasteiger partial charge >= 0.3 is 5.69 Å². The smallest absolute Gasteiger partial charge is 0.334 e. The first kappa shape index (κ1) is 24.3. The van der Waals surface area contributed by atoms with Crippen LogP contribution in [0.15, 0.2) is 59.5 Å². The molecule has 0 radical (unpaired) electrons. The Morgan fingerprint density at radius 3 is 2.61 bits per heavy atom. The summed E-state index contributed by atoms with van der Waals surface area (Å²) in [6.07, 6.45) is 1.37. The molecule has 3 N–H and O–H groups in total. The zero-order valence-electron chi connectivity index (χ0n) is 19.4. The van der Waals surface area contributed by atoms with E-state index < -0.39 is 5.69 Å². The van der Waals surface area contributed by atoms with Gasteiger partial charge in [-0.05, 0) is 36.4 Å². The maximum atomic E-state index is 13.2. The predicted molar refractivity (Wildman–Crippen MR) is 141 cm³/mol. The van der Waals surface area contributed by atoms with Crippen molar-refractivity contribution >= 4 is 51.3 Å². The standard InChI is InChI=1S/C25H24Cl2N6O3/c1-31-21-11-22(30-15-5-7-16(8-6-15)32-9-10-36-17(13-32)14-34)29-12-18(21)24(28)33(25(31)35)23-19(26)3-2-4-20(23)27/h2-8,11-12,17,28,34H,9-10,13-14H2,1H3,(H,29,30). The first-order valence-corrected chi connectivity index (χ1v) is 12.1. The van der Waals surface area contributed by atoms with Crippen LogP contribution in [0.2, 0.25) is 10.0 Å². The molecular weight excluding hydrogens is 503 g/mol. The molecule has 0 spiro atoms. The van der Waals surface area contributed by atoms with Gasteiger partial charge in [0.05, 0.1) is 46.0 Å². The minimum absolute atomic E-state index is 0.00225. The van der Waals surface area contributed by atoms with Crippen LogP contribution < -0.4 is 21.4 Å². The van der Waals surface area contributed by atoms with Crippen molar-refractivity contribution in [2.75, 3.05) is 36.5 Å². The van der Waals surface area contributed by atoms with E-state index in [2.05, 4.69) is 15.2 Å². The molecular formula is C25H24Cl2N6O3. The summed E-state index contributed by atoms with van der Waals surface area (Å²) < 4.78 is 8.15. The van der Waals surface area contributed by atoms with Crippen molar-refractivity contribution in [2.24, 2.45) is 7.05 Å². The number of morpholine rings is 1. The van der Waals surface area contributed by atoms with Gasteiger partial charge in [-0.25, -0.2) is 14.3 Å². The molecule has 1 saturated heterocycles. The van der Waals surface area contributed by atoms with Gasteiger partial charge in [0, 0.05) is 43.8 Å². The summed E-state index contributed by atoms with van der Waals surface area (Å²) in [7, 11) is 1.63. The van der Waals surface area contributed by atoms with Crippen LogP contribution in [0.25, 0.3) is 16.6 Å².